The molecule has 0 aliphatic carbocycles. The molecule has 2 rings (SSSR count). The van der Waals surface area contributed by atoms with Gasteiger partial charge in [0.15, 0.2) is 0 Å². The first-order chi connectivity index (χ1) is 13.4. The van der Waals surface area contributed by atoms with Crippen LogP contribution in [0.4, 0.5) is 0 Å². The number of hydrogen-bond acceptors (Lipinski definition) is 4. The van der Waals surface area contributed by atoms with Crippen LogP contribution in [0.25, 0.3) is 0 Å². The van der Waals surface area contributed by atoms with Gasteiger partial charge in [-0.25, -0.2) is 0 Å². The van der Waals surface area contributed by atoms with Crippen molar-refractivity contribution in [3.05, 3.63) is 0 Å². The second kappa shape index (κ2) is 12.5. The Morgan fingerprint density at radius 3 is 1.79 bits per heavy atom. The lowest BCUT2D eigenvalue weighted by molar-refractivity contribution is 0.0976. The molecule has 0 N–H and O–H groups in total. The highest BCUT2D eigenvalue weighted by Crippen LogP contribution is 2.20. The van der Waals surface area contributed by atoms with E-state index in [1.165, 1.54) is 91.0 Å². The van der Waals surface area contributed by atoms with Crippen LogP contribution in [-0.4, -0.2) is 97.6 Å². The lowest BCUT2D eigenvalue weighted by Crippen LogP contribution is -2.46. The zero-order chi connectivity index (χ0) is 20.5. The summed E-state index contributed by atoms with van der Waals surface area (Å²) >= 11 is 0. The molecule has 1 atom stereocenters. The standard InChI is InChI=1S/C24H50N4/c1-7-28(8-2)24-12-17-27(18-13-24)20-22(5)9-14-25(6)23-10-15-26(16-11-23)19-21(3)4/h21-24H,7-20H2,1-6H3. The highest BCUT2D eigenvalue weighted by molar-refractivity contribution is 4.81. The predicted octanol–water partition coefficient (Wildman–Crippen LogP) is 3.87. The van der Waals surface area contributed by atoms with E-state index in [9.17, 15) is 0 Å². The van der Waals surface area contributed by atoms with Crippen LogP contribution in [0, 0.1) is 11.8 Å². The Hall–Kier alpha value is -0.160. The number of hydrogen-bond donors (Lipinski definition) is 0. The van der Waals surface area contributed by atoms with E-state index in [1.54, 1.807) is 0 Å². The minimum Gasteiger partial charge on any atom is -0.303 e. The third-order valence-electron chi connectivity index (χ3n) is 7.23. The van der Waals surface area contributed by atoms with Crippen LogP contribution < -0.4 is 0 Å². The maximum Gasteiger partial charge on any atom is 0.0119 e. The average Bonchev–Trinajstić information content (AvgIpc) is 2.68. The summed E-state index contributed by atoms with van der Waals surface area (Å²) in [7, 11) is 2.37. The van der Waals surface area contributed by atoms with Crippen LogP contribution in [0.15, 0.2) is 0 Å². The molecule has 2 aliphatic heterocycles. The zero-order valence-corrected chi connectivity index (χ0v) is 20.0. The number of nitrogens with zero attached hydrogens (tertiary/aromatic N) is 4. The van der Waals surface area contributed by atoms with Crippen molar-refractivity contribution in [1.29, 1.82) is 0 Å². The van der Waals surface area contributed by atoms with E-state index in [0.29, 0.717) is 0 Å². The van der Waals surface area contributed by atoms with Gasteiger partial charge in [0.2, 0.25) is 0 Å². The minimum atomic E-state index is 0.798. The summed E-state index contributed by atoms with van der Waals surface area (Å²) in [5, 5.41) is 0. The maximum absolute atomic E-state index is 2.73. The van der Waals surface area contributed by atoms with Gasteiger partial charge in [-0.2, -0.15) is 0 Å². The van der Waals surface area contributed by atoms with Crippen molar-refractivity contribution < 1.29 is 0 Å². The minimum absolute atomic E-state index is 0.798. The van der Waals surface area contributed by atoms with Crippen molar-refractivity contribution in [1.82, 2.24) is 19.6 Å². The Balaban J connectivity index is 1.60. The molecule has 1 unspecified atom stereocenters. The Kier molecular flexibility index (Phi) is 10.8. The van der Waals surface area contributed by atoms with Gasteiger partial charge in [0.1, 0.15) is 0 Å². The Bertz CT molecular complexity index is 393. The summed E-state index contributed by atoms with van der Waals surface area (Å²) in [4.78, 5) is 10.7. The lowest BCUT2D eigenvalue weighted by Gasteiger charge is -2.39. The molecule has 0 aromatic heterocycles. The second-order valence-corrected chi connectivity index (χ2v) is 10.1. The summed E-state index contributed by atoms with van der Waals surface area (Å²) in [5.74, 6) is 1.61. The van der Waals surface area contributed by atoms with Crippen LogP contribution in [0.1, 0.15) is 66.7 Å². The molecule has 0 radical (unpaired) electrons. The van der Waals surface area contributed by atoms with Crippen molar-refractivity contribution >= 4 is 0 Å². The van der Waals surface area contributed by atoms with Crippen LogP contribution in [0.2, 0.25) is 0 Å². The monoisotopic (exact) mass is 394 g/mol. The van der Waals surface area contributed by atoms with Gasteiger partial charge in [-0.15, -0.1) is 0 Å². The molecule has 2 aliphatic rings. The maximum atomic E-state index is 2.73. The largest absolute Gasteiger partial charge is 0.303 e. The van der Waals surface area contributed by atoms with E-state index in [-0.39, 0.29) is 0 Å². The van der Waals surface area contributed by atoms with E-state index in [1.807, 2.05) is 0 Å². The summed E-state index contributed by atoms with van der Waals surface area (Å²) in [6.07, 6.45) is 6.79. The molecule has 166 valence electrons. The summed E-state index contributed by atoms with van der Waals surface area (Å²) < 4.78 is 0. The number of rotatable bonds is 11. The third-order valence-corrected chi connectivity index (χ3v) is 7.23. The van der Waals surface area contributed by atoms with Crippen molar-refractivity contribution in [2.24, 2.45) is 11.8 Å². The quantitative estimate of drug-likeness (QED) is 0.527. The van der Waals surface area contributed by atoms with E-state index in [0.717, 1.165) is 23.9 Å². The summed E-state index contributed by atoms with van der Waals surface area (Å²) in [5.41, 5.74) is 0. The molecule has 4 nitrogen and oxygen atoms in total. The van der Waals surface area contributed by atoms with Crippen LogP contribution in [0.5, 0.6) is 0 Å². The molecular formula is C24H50N4. The molecule has 2 fully saturated rings. The molecule has 0 amide bonds. The SMILES string of the molecule is CCN(CC)C1CCN(CC(C)CCN(C)C2CCN(CC(C)C)CC2)CC1. The Morgan fingerprint density at radius 2 is 1.29 bits per heavy atom. The van der Waals surface area contributed by atoms with E-state index < -0.39 is 0 Å². The molecule has 0 aromatic rings. The predicted molar refractivity (Wildman–Crippen MR) is 123 cm³/mol. The molecule has 2 heterocycles. The smallest absolute Gasteiger partial charge is 0.0119 e. The molecular weight excluding hydrogens is 344 g/mol. The molecule has 0 spiro atoms. The Labute approximate surface area is 176 Å². The zero-order valence-electron chi connectivity index (χ0n) is 20.0. The molecule has 4 heteroatoms. The highest BCUT2D eigenvalue weighted by atomic mass is 15.2. The van der Waals surface area contributed by atoms with Crippen molar-refractivity contribution in [2.75, 3.05) is 66.0 Å². The van der Waals surface area contributed by atoms with Gasteiger partial charge in [-0.05, 0) is 96.8 Å². The topological polar surface area (TPSA) is 13.0 Å². The average molecular weight is 395 g/mol. The van der Waals surface area contributed by atoms with Gasteiger partial charge in [0.05, 0.1) is 0 Å². The lowest BCUT2D eigenvalue weighted by atomic mass is 9.99. The Morgan fingerprint density at radius 1 is 0.786 bits per heavy atom. The fourth-order valence-electron chi connectivity index (χ4n) is 5.40. The molecule has 0 saturated carbocycles. The van der Waals surface area contributed by atoms with Crippen LogP contribution in [-0.2, 0) is 0 Å². The van der Waals surface area contributed by atoms with Crippen molar-refractivity contribution in [3.8, 4) is 0 Å². The molecule has 0 bridgehead atoms. The first-order valence-electron chi connectivity index (χ1n) is 12.3. The van der Waals surface area contributed by atoms with Crippen molar-refractivity contribution in [2.45, 2.75) is 78.8 Å². The van der Waals surface area contributed by atoms with Gasteiger partial charge in [-0.1, -0.05) is 34.6 Å². The van der Waals surface area contributed by atoms with Gasteiger partial charge in [-0.3, -0.25) is 0 Å². The second-order valence-electron chi connectivity index (χ2n) is 10.1. The van der Waals surface area contributed by atoms with Crippen LogP contribution in [0.3, 0.4) is 0 Å². The first kappa shape index (κ1) is 24.1. The van der Waals surface area contributed by atoms with E-state index in [2.05, 4.69) is 61.3 Å². The first-order valence-corrected chi connectivity index (χ1v) is 12.3. The third kappa shape index (κ3) is 7.93. The normalized spacial score (nSPS) is 22.6. The number of piperidine rings is 2. The van der Waals surface area contributed by atoms with Gasteiger partial charge < -0.3 is 19.6 Å². The molecule has 2 saturated heterocycles. The van der Waals surface area contributed by atoms with Gasteiger partial charge in [0, 0.05) is 25.2 Å². The molecule has 0 aromatic carbocycles. The van der Waals surface area contributed by atoms with E-state index in [4.69, 9.17) is 0 Å². The molecule has 28 heavy (non-hydrogen) atoms. The van der Waals surface area contributed by atoms with Gasteiger partial charge >= 0.3 is 0 Å². The van der Waals surface area contributed by atoms with Crippen molar-refractivity contribution in [3.63, 3.8) is 0 Å². The summed E-state index contributed by atoms with van der Waals surface area (Å²) in [6.45, 7) is 23.2. The fourth-order valence-corrected chi connectivity index (χ4v) is 5.40. The van der Waals surface area contributed by atoms with Crippen LogP contribution >= 0.6 is 0 Å². The fraction of sp³-hybridized carbons (Fsp3) is 1.00. The van der Waals surface area contributed by atoms with Gasteiger partial charge in [0.25, 0.3) is 0 Å². The highest BCUT2D eigenvalue weighted by Gasteiger charge is 2.25. The number of likely N-dealkylation sites (tertiary alicyclic amines) is 2. The summed E-state index contributed by atoms with van der Waals surface area (Å²) in [6, 6.07) is 1.63. The van der Waals surface area contributed by atoms with E-state index >= 15 is 0 Å².